The molecule has 1 aromatic heterocycles. The fourth-order valence-electron chi connectivity index (χ4n) is 1.59. The largest absolute Gasteiger partial charge is 0.490 e. The standard InChI is InChI=1S/C14H16N3O4/c1-18-8-9-21-11-7-5-4-6-10(11)12-15-13(19-2)17-14(16-12)20-3/h4-6H,8-9H2,1-3H3. The molecule has 0 aliphatic heterocycles. The first-order chi connectivity index (χ1) is 10.3. The number of nitrogens with zero attached hydrogens (tertiary/aromatic N) is 3. The molecule has 2 rings (SSSR count). The molecule has 111 valence electrons. The summed E-state index contributed by atoms with van der Waals surface area (Å²) in [4.78, 5) is 12.4. The first-order valence-electron chi connectivity index (χ1n) is 6.25. The summed E-state index contributed by atoms with van der Waals surface area (Å²) in [7, 11) is 4.57. The highest BCUT2D eigenvalue weighted by atomic mass is 16.5. The van der Waals surface area contributed by atoms with Crippen LogP contribution in [0.1, 0.15) is 0 Å². The molecule has 0 fully saturated rings. The monoisotopic (exact) mass is 290 g/mol. The van der Waals surface area contributed by atoms with E-state index in [1.165, 1.54) is 14.2 Å². The van der Waals surface area contributed by atoms with Gasteiger partial charge in [0.05, 0.1) is 26.4 Å². The van der Waals surface area contributed by atoms with Crippen LogP contribution in [0.25, 0.3) is 11.4 Å². The molecule has 7 heteroatoms. The molecule has 0 saturated heterocycles. The van der Waals surface area contributed by atoms with Crippen molar-refractivity contribution < 1.29 is 18.9 Å². The molecular formula is C14H16N3O4. The van der Waals surface area contributed by atoms with Crippen LogP contribution in [0.2, 0.25) is 0 Å². The third-order valence-corrected chi connectivity index (χ3v) is 2.55. The molecule has 1 heterocycles. The highest BCUT2D eigenvalue weighted by Gasteiger charge is 2.13. The van der Waals surface area contributed by atoms with Crippen LogP contribution in [0.5, 0.6) is 17.8 Å². The Balaban J connectivity index is 2.36. The van der Waals surface area contributed by atoms with Crippen molar-refractivity contribution in [3.63, 3.8) is 0 Å². The highest BCUT2D eigenvalue weighted by Crippen LogP contribution is 2.28. The minimum absolute atomic E-state index is 0.170. The van der Waals surface area contributed by atoms with Gasteiger partial charge in [0.25, 0.3) is 0 Å². The summed E-state index contributed by atoms with van der Waals surface area (Å²) in [5, 5.41) is 0. The van der Waals surface area contributed by atoms with E-state index in [4.69, 9.17) is 18.9 Å². The van der Waals surface area contributed by atoms with Crippen LogP contribution in [-0.4, -0.2) is 49.5 Å². The quantitative estimate of drug-likeness (QED) is 0.713. The molecule has 2 aromatic rings. The molecule has 0 saturated carbocycles. The average molecular weight is 290 g/mol. The first-order valence-corrected chi connectivity index (χ1v) is 6.25. The number of aromatic nitrogens is 3. The zero-order valence-corrected chi connectivity index (χ0v) is 12.1. The van der Waals surface area contributed by atoms with Crippen LogP contribution in [0.4, 0.5) is 0 Å². The minimum Gasteiger partial charge on any atom is -0.490 e. The second-order valence-electron chi connectivity index (χ2n) is 3.89. The maximum absolute atomic E-state index is 5.62. The summed E-state index contributed by atoms with van der Waals surface area (Å²) in [6.07, 6.45) is 0. The van der Waals surface area contributed by atoms with E-state index in [0.29, 0.717) is 30.4 Å². The number of rotatable bonds is 7. The summed E-state index contributed by atoms with van der Waals surface area (Å²) >= 11 is 0. The smallest absolute Gasteiger partial charge is 0.322 e. The minimum atomic E-state index is 0.170. The van der Waals surface area contributed by atoms with Crippen molar-refractivity contribution in [1.29, 1.82) is 0 Å². The molecule has 1 radical (unpaired) electrons. The fraction of sp³-hybridized carbons (Fsp3) is 0.357. The van der Waals surface area contributed by atoms with Crippen molar-refractivity contribution in [2.75, 3.05) is 34.5 Å². The maximum atomic E-state index is 5.62. The highest BCUT2D eigenvalue weighted by molar-refractivity contribution is 5.63. The van der Waals surface area contributed by atoms with Crippen molar-refractivity contribution in [3.8, 4) is 29.2 Å². The topological polar surface area (TPSA) is 75.6 Å². The van der Waals surface area contributed by atoms with Gasteiger partial charge in [0.2, 0.25) is 0 Å². The number of ether oxygens (including phenoxy) is 4. The number of methoxy groups -OCH3 is 3. The predicted molar refractivity (Wildman–Crippen MR) is 74.6 cm³/mol. The van der Waals surface area contributed by atoms with E-state index in [1.54, 1.807) is 13.2 Å². The van der Waals surface area contributed by atoms with Crippen molar-refractivity contribution in [1.82, 2.24) is 15.0 Å². The van der Waals surface area contributed by atoms with Gasteiger partial charge in [0.15, 0.2) is 5.82 Å². The Labute approximate surface area is 122 Å². The van der Waals surface area contributed by atoms with Gasteiger partial charge in [0, 0.05) is 13.2 Å². The molecule has 0 aliphatic carbocycles. The van der Waals surface area contributed by atoms with E-state index in [-0.39, 0.29) is 12.0 Å². The Bertz CT molecular complexity index is 570. The van der Waals surface area contributed by atoms with Gasteiger partial charge in [-0.05, 0) is 6.07 Å². The molecule has 0 atom stereocenters. The Morgan fingerprint density at radius 3 is 2.33 bits per heavy atom. The summed E-state index contributed by atoms with van der Waals surface area (Å²) in [5.41, 5.74) is 0.674. The van der Waals surface area contributed by atoms with Crippen LogP contribution in [-0.2, 0) is 4.74 Å². The van der Waals surface area contributed by atoms with Gasteiger partial charge in [-0.2, -0.15) is 9.97 Å². The predicted octanol–water partition coefficient (Wildman–Crippen LogP) is 1.38. The fourth-order valence-corrected chi connectivity index (χ4v) is 1.59. The number of hydrogen-bond donors (Lipinski definition) is 0. The summed E-state index contributed by atoms with van der Waals surface area (Å²) in [6.45, 7) is 0.884. The molecule has 1 aromatic carbocycles. The zero-order valence-electron chi connectivity index (χ0n) is 12.1. The van der Waals surface area contributed by atoms with E-state index in [2.05, 4.69) is 21.0 Å². The van der Waals surface area contributed by atoms with Gasteiger partial charge in [0.1, 0.15) is 12.4 Å². The molecule has 0 amide bonds. The van der Waals surface area contributed by atoms with Crippen molar-refractivity contribution in [2.45, 2.75) is 0 Å². The van der Waals surface area contributed by atoms with E-state index in [9.17, 15) is 0 Å². The van der Waals surface area contributed by atoms with Crippen LogP contribution in [0, 0.1) is 6.07 Å². The lowest BCUT2D eigenvalue weighted by Gasteiger charge is -2.10. The SMILES string of the molecule is COCCOc1[c]cccc1-c1nc(OC)nc(OC)n1. The van der Waals surface area contributed by atoms with Gasteiger partial charge in [-0.3, -0.25) is 0 Å². The Hall–Kier alpha value is -2.41. The lowest BCUT2D eigenvalue weighted by molar-refractivity contribution is 0.146. The van der Waals surface area contributed by atoms with Gasteiger partial charge < -0.3 is 18.9 Å². The van der Waals surface area contributed by atoms with Crippen LogP contribution in [0.3, 0.4) is 0 Å². The Morgan fingerprint density at radius 2 is 1.71 bits per heavy atom. The van der Waals surface area contributed by atoms with E-state index >= 15 is 0 Å². The van der Waals surface area contributed by atoms with Crippen LogP contribution < -0.4 is 14.2 Å². The third kappa shape index (κ3) is 3.79. The van der Waals surface area contributed by atoms with E-state index < -0.39 is 0 Å². The van der Waals surface area contributed by atoms with Crippen molar-refractivity contribution in [3.05, 3.63) is 24.3 Å². The molecule has 0 spiro atoms. The Morgan fingerprint density at radius 1 is 1.00 bits per heavy atom. The molecule has 0 bridgehead atoms. The van der Waals surface area contributed by atoms with Gasteiger partial charge in [-0.25, -0.2) is 0 Å². The van der Waals surface area contributed by atoms with E-state index in [1.807, 2.05) is 12.1 Å². The molecule has 0 aliphatic rings. The average Bonchev–Trinajstić information content (AvgIpc) is 2.55. The lowest BCUT2D eigenvalue weighted by atomic mass is 10.2. The second kappa shape index (κ2) is 7.39. The first kappa shape index (κ1) is 15.0. The maximum Gasteiger partial charge on any atom is 0.322 e. The number of hydrogen-bond acceptors (Lipinski definition) is 7. The number of benzene rings is 1. The summed E-state index contributed by atoms with van der Waals surface area (Å²) in [6, 6.07) is 8.75. The van der Waals surface area contributed by atoms with Crippen LogP contribution in [0.15, 0.2) is 18.2 Å². The Kier molecular flexibility index (Phi) is 5.28. The molecule has 0 N–H and O–H groups in total. The molecule has 7 nitrogen and oxygen atoms in total. The van der Waals surface area contributed by atoms with Gasteiger partial charge >= 0.3 is 12.0 Å². The van der Waals surface area contributed by atoms with Gasteiger partial charge in [-0.1, -0.05) is 12.1 Å². The lowest BCUT2D eigenvalue weighted by Crippen LogP contribution is -2.06. The molecule has 21 heavy (non-hydrogen) atoms. The normalized spacial score (nSPS) is 10.2. The molecule has 0 unspecified atom stereocenters. The zero-order chi connectivity index (χ0) is 15.1. The second-order valence-corrected chi connectivity index (χ2v) is 3.89. The number of para-hydroxylation sites is 1. The third-order valence-electron chi connectivity index (χ3n) is 2.55. The molecular weight excluding hydrogens is 274 g/mol. The summed E-state index contributed by atoms with van der Waals surface area (Å²) in [5.74, 6) is 0.924. The summed E-state index contributed by atoms with van der Waals surface area (Å²) < 4.78 is 20.7. The van der Waals surface area contributed by atoms with E-state index in [0.717, 1.165) is 0 Å². The van der Waals surface area contributed by atoms with Gasteiger partial charge in [-0.15, -0.1) is 4.98 Å². The van der Waals surface area contributed by atoms with Crippen molar-refractivity contribution >= 4 is 0 Å². The van der Waals surface area contributed by atoms with Crippen molar-refractivity contribution in [2.24, 2.45) is 0 Å². The van der Waals surface area contributed by atoms with Crippen LogP contribution >= 0.6 is 0 Å².